The summed E-state index contributed by atoms with van der Waals surface area (Å²) < 4.78 is 37.1. The van der Waals surface area contributed by atoms with Gasteiger partial charge in [-0.05, 0) is 42.6 Å². The molecule has 3 aromatic rings. The lowest BCUT2D eigenvalue weighted by Crippen LogP contribution is -2.46. The monoisotopic (exact) mass is 506 g/mol. The number of nitrogens with one attached hydrogen (secondary N) is 2. The number of anilines is 1. The van der Waals surface area contributed by atoms with Gasteiger partial charge in [0.1, 0.15) is 11.6 Å². The number of alkyl halides is 3. The number of hydrogen-bond acceptors (Lipinski definition) is 8. The highest BCUT2D eigenvalue weighted by Crippen LogP contribution is 2.27. The molecule has 13 heteroatoms. The quantitative estimate of drug-likeness (QED) is 0.478. The molecule has 1 saturated heterocycles. The Morgan fingerprint density at radius 3 is 2.42 bits per heavy atom. The summed E-state index contributed by atoms with van der Waals surface area (Å²) in [6.45, 7) is 5.00. The number of aromatic nitrogens is 3. The molecular formula is C23H25F3N6O4. The molecule has 2 aromatic heterocycles. The van der Waals surface area contributed by atoms with E-state index in [1.165, 1.54) is 0 Å². The molecule has 0 radical (unpaired) electrons. The van der Waals surface area contributed by atoms with Crippen LogP contribution in [-0.2, 0) is 4.79 Å². The molecule has 1 aromatic carbocycles. The SMILES string of the molecule is COc1ccc2ccnc(C(C)Nc3ccc(C(=O)N4CCNCC4)nn3)c2c1.O=C(O)C(F)(F)F. The first kappa shape index (κ1) is 26.6. The molecule has 1 aliphatic heterocycles. The van der Waals surface area contributed by atoms with Gasteiger partial charge in [0.2, 0.25) is 0 Å². The van der Waals surface area contributed by atoms with Crippen LogP contribution >= 0.6 is 0 Å². The topological polar surface area (TPSA) is 130 Å². The van der Waals surface area contributed by atoms with E-state index in [-0.39, 0.29) is 11.9 Å². The van der Waals surface area contributed by atoms with Gasteiger partial charge in [-0.25, -0.2) is 4.79 Å². The summed E-state index contributed by atoms with van der Waals surface area (Å²) in [6.07, 6.45) is -3.29. The number of ether oxygens (including phenoxy) is 1. The molecule has 0 bridgehead atoms. The average molecular weight is 506 g/mol. The molecule has 0 spiro atoms. The van der Waals surface area contributed by atoms with Crippen LogP contribution < -0.4 is 15.4 Å². The highest BCUT2D eigenvalue weighted by atomic mass is 19.4. The van der Waals surface area contributed by atoms with Crippen molar-refractivity contribution in [1.29, 1.82) is 0 Å². The second-order valence-corrected chi connectivity index (χ2v) is 7.80. The Balaban J connectivity index is 0.000000454. The van der Waals surface area contributed by atoms with Gasteiger partial charge in [-0.3, -0.25) is 9.78 Å². The average Bonchev–Trinajstić information content (AvgIpc) is 2.88. The molecular weight excluding hydrogens is 481 g/mol. The Morgan fingerprint density at radius 2 is 1.83 bits per heavy atom. The molecule has 192 valence electrons. The summed E-state index contributed by atoms with van der Waals surface area (Å²) >= 11 is 0. The van der Waals surface area contributed by atoms with Crippen molar-refractivity contribution in [1.82, 2.24) is 25.4 Å². The fraction of sp³-hybridized carbons (Fsp3) is 0.348. The highest BCUT2D eigenvalue weighted by molar-refractivity contribution is 5.92. The number of pyridine rings is 1. The third kappa shape index (κ3) is 6.78. The second kappa shape index (κ2) is 11.6. The zero-order chi connectivity index (χ0) is 26.3. The van der Waals surface area contributed by atoms with Crippen LogP contribution in [0.5, 0.6) is 5.75 Å². The van der Waals surface area contributed by atoms with Crippen molar-refractivity contribution >= 4 is 28.5 Å². The van der Waals surface area contributed by atoms with E-state index in [1.807, 2.05) is 31.2 Å². The lowest BCUT2D eigenvalue weighted by atomic mass is 10.1. The van der Waals surface area contributed by atoms with E-state index in [1.54, 1.807) is 30.3 Å². The summed E-state index contributed by atoms with van der Waals surface area (Å²) in [5, 5.41) is 24.1. The Morgan fingerprint density at radius 1 is 1.14 bits per heavy atom. The molecule has 36 heavy (non-hydrogen) atoms. The number of benzene rings is 1. The molecule has 0 saturated carbocycles. The Hall–Kier alpha value is -4.00. The van der Waals surface area contributed by atoms with Crippen LogP contribution in [0.1, 0.15) is 29.1 Å². The van der Waals surface area contributed by atoms with Crippen LogP contribution in [0.4, 0.5) is 19.0 Å². The molecule has 1 unspecified atom stereocenters. The molecule has 4 rings (SSSR count). The van der Waals surface area contributed by atoms with Crippen LogP contribution in [0.3, 0.4) is 0 Å². The normalized spacial score (nSPS) is 14.4. The van der Waals surface area contributed by atoms with Gasteiger partial charge in [-0.2, -0.15) is 13.2 Å². The molecule has 1 fully saturated rings. The fourth-order valence-corrected chi connectivity index (χ4v) is 3.49. The zero-order valence-corrected chi connectivity index (χ0v) is 19.5. The highest BCUT2D eigenvalue weighted by Gasteiger charge is 2.38. The van der Waals surface area contributed by atoms with Gasteiger partial charge in [0.25, 0.3) is 5.91 Å². The number of amides is 1. The first-order chi connectivity index (χ1) is 17.1. The lowest BCUT2D eigenvalue weighted by Gasteiger charge is -2.26. The number of aliphatic carboxylic acids is 1. The van der Waals surface area contributed by atoms with Gasteiger partial charge in [0.05, 0.1) is 18.8 Å². The second-order valence-electron chi connectivity index (χ2n) is 7.80. The number of carboxylic acids is 1. The van der Waals surface area contributed by atoms with E-state index in [0.29, 0.717) is 24.6 Å². The van der Waals surface area contributed by atoms with Gasteiger partial charge in [0, 0.05) is 37.8 Å². The molecule has 1 aliphatic rings. The number of piperazine rings is 1. The first-order valence-corrected chi connectivity index (χ1v) is 10.9. The number of carboxylic acid groups (broad SMARTS) is 1. The van der Waals surface area contributed by atoms with Crippen LogP contribution in [0, 0.1) is 0 Å². The van der Waals surface area contributed by atoms with Gasteiger partial charge < -0.3 is 25.4 Å². The first-order valence-electron chi connectivity index (χ1n) is 10.9. The number of fused-ring (bicyclic) bond motifs is 1. The maximum absolute atomic E-state index is 12.5. The van der Waals surface area contributed by atoms with Crippen molar-refractivity contribution in [3.05, 3.63) is 54.0 Å². The summed E-state index contributed by atoms with van der Waals surface area (Å²) in [4.78, 5) is 27.8. The van der Waals surface area contributed by atoms with Crippen LogP contribution in [0.25, 0.3) is 10.8 Å². The van der Waals surface area contributed by atoms with Crippen LogP contribution in [0.15, 0.2) is 42.6 Å². The van der Waals surface area contributed by atoms with E-state index in [0.717, 1.165) is 35.3 Å². The molecule has 1 amide bonds. The van der Waals surface area contributed by atoms with Crippen molar-refractivity contribution in [3.8, 4) is 5.75 Å². The predicted molar refractivity (Wildman–Crippen MR) is 125 cm³/mol. The maximum atomic E-state index is 12.5. The van der Waals surface area contributed by atoms with Crippen molar-refractivity contribution in [3.63, 3.8) is 0 Å². The van der Waals surface area contributed by atoms with Gasteiger partial charge in [-0.1, -0.05) is 6.07 Å². The molecule has 3 N–H and O–H groups in total. The van der Waals surface area contributed by atoms with E-state index in [4.69, 9.17) is 14.6 Å². The summed E-state index contributed by atoms with van der Waals surface area (Å²) in [5.74, 6) is -1.46. The third-order valence-electron chi connectivity index (χ3n) is 5.31. The Labute approximate surface area is 204 Å². The Kier molecular flexibility index (Phi) is 8.59. The molecule has 3 heterocycles. The summed E-state index contributed by atoms with van der Waals surface area (Å²) in [5.41, 5.74) is 1.25. The summed E-state index contributed by atoms with van der Waals surface area (Å²) in [6, 6.07) is 11.3. The van der Waals surface area contributed by atoms with E-state index in [9.17, 15) is 18.0 Å². The van der Waals surface area contributed by atoms with E-state index >= 15 is 0 Å². The maximum Gasteiger partial charge on any atom is 0.490 e. The van der Waals surface area contributed by atoms with Crippen molar-refractivity contribution in [2.24, 2.45) is 0 Å². The van der Waals surface area contributed by atoms with Gasteiger partial charge >= 0.3 is 12.1 Å². The van der Waals surface area contributed by atoms with Crippen LogP contribution in [0.2, 0.25) is 0 Å². The molecule has 0 aliphatic carbocycles. The minimum absolute atomic E-state index is 0.0820. The van der Waals surface area contributed by atoms with Crippen molar-refractivity contribution < 1.29 is 32.6 Å². The fourth-order valence-electron chi connectivity index (χ4n) is 3.49. The largest absolute Gasteiger partial charge is 0.497 e. The van der Waals surface area contributed by atoms with Crippen LogP contribution in [-0.4, -0.2) is 76.5 Å². The van der Waals surface area contributed by atoms with Crippen molar-refractivity contribution in [2.45, 2.75) is 19.1 Å². The third-order valence-corrected chi connectivity index (χ3v) is 5.31. The van der Waals surface area contributed by atoms with Crippen molar-refractivity contribution in [2.75, 3.05) is 38.6 Å². The van der Waals surface area contributed by atoms with E-state index in [2.05, 4.69) is 25.8 Å². The van der Waals surface area contributed by atoms with E-state index < -0.39 is 12.1 Å². The minimum atomic E-state index is -5.08. The number of halogens is 3. The molecule has 1 atom stereocenters. The minimum Gasteiger partial charge on any atom is -0.497 e. The Bertz CT molecular complexity index is 1200. The number of carbonyl (C=O) groups is 2. The number of rotatable bonds is 5. The van der Waals surface area contributed by atoms with Gasteiger partial charge in [0.15, 0.2) is 5.69 Å². The predicted octanol–water partition coefficient (Wildman–Crippen LogP) is 2.89. The number of hydrogen-bond donors (Lipinski definition) is 3. The standard InChI is InChI=1S/C21H24N6O2.C2HF3O2/c1-14(20-17-13-16(29-2)4-3-15(17)7-8-23-20)24-19-6-5-18(25-26-19)21(28)27-11-9-22-10-12-27;3-2(4,5)1(6)7/h3-8,13-14,22H,9-12H2,1-2H3,(H,24,26);(H,6,7). The number of methoxy groups -OCH3 is 1. The summed E-state index contributed by atoms with van der Waals surface area (Å²) in [7, 11) is 1.65. The smallest absolute Gasteiger partial charge is 0.490 e. The van der Waals surface area contributed by atoms with Gasteiger partial charge in [-0.15, -0.1) is 10.2 Å². The lowest BCUT2D eigenvalue weighted by molar-refractivity contribution is -0.192. The number of nitrogens with zero attached hydrogens (tertiary/aromatic N) is 4. The number of carbonyl (C=O) groups excluding carboxylic acids is 1. The molecule has 10 nitrogen and oxygen atoms in total. The zero-order valence-electron chi connectivity index (χ0n) is 19.5.